The van der Waals surface area contributed by atoms with Gasteiger partial charge in [0.05, 0.1) is 22.3 Å². The van der Waals surface area contributed by atoms with E-state index in [4.69, 9.17) is 9.47 Å². The fourth-order valence-corrected chi connectivity index (χ4v) is 4.31. The quantitative estimate of drug-likeness (QED) is 0.227. The predicted molar refractivity (Wildman–Crippen MR) is 146 cm³/mol. The van der Waals surface area contributed by atoms with Gasteiger partial charge in [0.1, 0.15) is 17.9 Å². The predicted octanol–water partition coefficient (Wildman–Crippen LogP) is 5.49. The van der Waals surface area contributed by atoms with E-state index in [1.54, 1.807) is 25.1 Å². The van der Waals surface area contributed by atoms with Gasteiger partial charge in [0.15, 0.2) is 0 Å². The number of hydrogen-bond donors (Lipinski definition) is 1. The van der Waals surface area contributed by atoms with Gasteiger partial charge in [-0.15, -0.1) is 0 Å². The van der Waals surface area contributed by atoms with Gasteiger partial charge in [-0.3, -0.25) is 14.9 Å². The number of carbonyl (C=O) groups excluding carboxylic acids is 4. The number of benzene rings is 3. The summed E-state index contributed by atoms with van der Waals surface area (Å²) in [5.74, 6) is -1.50. The molecule has 1 heterocycles. The fraction of sp³-hybridized carbons (Fsp3) is 0.172. The van der Waals surface area contributed by atoms with Crippen molar-refractivity contribution in [3.8, 4) is 5.75 Å². The van der Waals surface area contributed by atoms with E-state index in [9.17, 15) is 19.2 Å². The van der Waals surface area contributed by atoms with E-state index >= 15 is 0 Å². The number of nitrogens with one attached hydrogen (secondary N) is 1. The highest BCUT2D eigenvalue weighted by atomic mass is 79.9. The summed E-state index contributed by atoms with van der Waals surface area (Å²) in [5, 5.41) is 2.19. The van der Waals surface area contributed by atoms with Crippen molar-refractivity contribution in [1.82, 2.24) is 5.32 Å². The van der Waals surface area contributed by atoms with Gasteiger partial charge in [-0.05, 0) is 101 Å². The molecule has 1 aliphatic rings. The van der Waals surface area contributed by atoms with Crippen LogP contribution in [0.25, 0.3) is 6.08 Å². The minimum absolute atomic E-state index is 0.204. The van der Waals surface area contributed by atoms with Crippen molar-refractivity contribution in [2.24, 2.45) is 0 Å². The maximum atomic E-state index is 13.2. The zero-order chi connectivity index (χ0) is 27.4. The number of imide groups is 2. The molecule has 4 rings (SSSR count). The van der Waals surface area contributed by atoms with Gasteiger partial charge in [0.2, 0.25) is 0 Å². The van der Waals surface area contributed by atoms with Crippen molar-refractivity contribution in [2.45, 2.75) is 27.4 Å². The number of halogens is 1. The Morgan fingerprint density at radius 3 is 2.37 bits per heavy atom. The summed E-state index contributed by atoms with van der Waals surface area (Å²) in [4.78, 5) is 51.0. The number of hydrogen-bond acceptors (Lipinski definition) is 6. The summed E-state index contributed by atoms with van der Waals surface area (Å²) in [5.41, 5.74) is 4.26. The second-order valence-corrected chi connectivity index (χ2v) is 9.48. The van der Waals surface area contributed by atoms with E-state index in [1.165, 1.54) is 41.5 Å². The summed E-state index contributed by atoms with van der Waals surface area (Å²) in [7, 11) is 0. The van der Waals surface area contributed by atoms with Crippen LogP contribution in [-0.4, -0.2) is 30.4 Å². The first-order valence-corrected chi connectivity index (χ1v) is 12.6. The highest BCUT2D eigenvalue weighted by Crippen LogP contribution is 2.29. The van der Waals surface area contributed by atoms with Gasteiger partial charge < -0.3 is 9.47 Å². The number of urea groups is 1. The number of nitrogens with zero attached hydrogens (tertiary/aromatic N) is 1. The highest BCUT2D eigenvalue weighted by Gasteiger charge is 2.36. The van der Waals surface area contributed by atoms with Crippen LogP contribution in [0.2, 0.25) is 0 Å². The minimum atomic E-state index is -0.877. The van der Waals surface area contributed by atoms with E-state index < -0.39 is 23.8 Å². The molecule has 0 unspecified atom stereocenters. The number of aryl methyl sites for hydroxylation is 2. The molecule has 3 aromatic carbocycles. The van der Waals surface area contributed by atoms with Gasteiger partial charge in [-0.25, -0.2) is 14.5 Å². The van der Waals surface area contributed by atoms with Crippen LogP contribution in [0.5, 0.6) is 5.75 Å². The van der Waals surface area contributed by atoms with Crippen LogP contribution in [0.4, 0.5) is 10.5 Å². The first-order chi connectivity index (χ1) is 18.2. The number of anilines is 1. The normalized spacial score (nSPS) is 14.5. The zero-order valence-electron chi connectivity index (χ0n) is 21.0. The maximum Gasteiger partial charge on any atom is 0.338 e. The Balaban J connectivity index is 1.53. The lowest BCUT2D eigenvalue weighted by Gasteiger charge is -2.26. The number of barbiturate groups is 1. The van der Waals surface area contributed by atoms with Crippen molar-refractivity contribution < 1.29 is 28.7 Å². The second kappa shape index (κ2) is 11.4. The van der Waals surface area contributed by atoms with Crippen LogP contribution in [0.1, 0.15) is 39.5 Å². The molecule has 194 valence electrons. The first kappa shape index (κ1) is 26.8. The zero-order valence-corrected chi connectivity index (χ0v) is 22.6. The lowest BCUT2D eigenvalue weighted by atomic mass is 10.1. The van der Waals surface area contributed by atoms with E-state index in [2.05, 4.69) is 34.2 Å². The number of ether oxygens (including phenoxy) is 2. The standard InChI is InChI=1S/C29H25BrN2O6/c1-4-37-28(35)21-8-10-22(11-9-21)32-27(34)23(26(33)31-29(32)36)14-19-7-12-25(24(30)15-19)38-16-20-6-5-17(2)18(3)13-20/h5-15H,4,16H2,1-3H3,(H,31,33,36)/b23-14+. The molecule has 1 saturated heterocycles. The molecule has 9 heteroatoms. The smallest absolute Gasteiger partial charge is 0.338 e. The Hall–Kier alpha value is -4.24. The number of amides is 4. The highest BCUT2D eigenvalue weighted by molar-refractivity contribution is 9.10. The van der Waals surface area contributed by atoms with Crippen molar-refractivity contribution in [3.63, 3.8) is 0 Å². The molecule has 0 aliphatic carbocycles. The third kappa shape index (κ3) is 5.84. The summed E-state index contributed by atoms with van der Waals surface area (Å²) in [6.07, 6.45) is 1.40. The van der Waals surface area contributed by atoms with E-state index in [-0.39, 0.29) is 23.4 Å². The van der Waals surface area contributed by atoms with Crippen LogP contribution in [0.3, 0.4) is 0 Å². The SMILES string of the molecule is CCOC(=O)c1ccc(N2C(=O)NC(=O)/C(=C\c3ccc(OCc4ccc(C)c(C)c4)c(Br)c3)C2=O)cc1. The Labute approximate surface area is 228 Å². The molecule has 0 radical (unpaired) electrons. The van der Waals surface area contributed by atoms with E-state index in [1.807, 2.05) is 19.1 Å². The van der Waals surface area contributed by atoms with Gasteiger partial charge in [0.25, 0.3) is 11.8 Å². The van der Waals surface area contributed by atoms with Crippen LogP contribution in [-0.2, 0) is 20.9 Å². The molecule has 1 N–H and O–H groups in total. The van der Waals surface area contributed by atoms with Gasteiger partial charge in [0, 0.05) is 0 Å². The summed E-state index contributed by atoms with van der Waals surface area (Å²) in [6, 6.07) is 16.2. The Bertz CT molecular complexity index is 1460. The molecule has 3 aromatic rings. The number of esters is 1. The molecule has 4 amide bonds. The molecule has 0 bridgehead atoms. The van der Waals surface area contributed by atoms with Crippen LogP contribution < -0.4 is 15.0 Å². The lowest BCUT2D eigenvalue weighted by molar-refractivity contribution is -0.122. The van der Waals surface area contributed by atoms with E-state index in [0.29, 0.717) is 22.4 Å². The third-order valence-corrected chi connectivity index (χ3v) is 6.59. The first-order valence-electron chi connectivity index (χ1n) is 11.8. The van der Waals surface area contributed by atoms with E-state index in [0.717, 1.165) is 10.5 Å². The summed E-state index contributed by atoms with van der Waals surface area (Å²) in [6.45, 7) is 6.40. The Morgan fingerprint density at radius 2 is 1.71 bits per heavy atom. The average molecular weight is 577 g/mol. The summed E-state index contributed by atoms with van der Waals surface area (Å²) >= 11 is 3.49. The van der Waals surface area contributed by atoms with Crippen LogP contribution >= 0.6 is 15.9 Å². The molecule has 1 fully saturated rings. The molecular weight excluding hydrogens is 552 g/mol. The average Bonchev–Trinajstić information content (AvgIpc) is 2.88. The summed E-state index contributed by atoms with van der Waals surface area (Å²) < 4.78 is 11.5. The third-order valence-electron chi connectivity index (χ3n) is 5.97. The monoisotopic (exact) mass is 576 g/mol. The van der Waals surface area contributed by atoms with Gasteiger partial charge in [-0.2, -0.15) is 0 Å². The van der Waals surface area contributed by atoms with Crippen LogP contribution in [0, 0.1) is 13.8 Å². The van der Waals surface area contributed by atoms with Gasteiger partial charge in [-0.1, -0.05) is 24.3 Å². The molecule has 8 nitrogen and oxygen atoms in total. The minimum Gasteiger partial charge on any atom is -0.488 e. The van der Waals surface area contributed by atoms with Crippen molar-refractivity contribution in [1.29, 1.82) is 0 Å². The molecule has 38 heavy (non-hydrogen) atoms. The second-order valence-electron chi connectivity index (χ2n) is 8.62. The fourth-order valence-electron chi connectivity index (χ4n) is 3.80. The Kier molecular flexibility index (Phi) is 8.07. The lowest BCUT2D eigenvalue weighted by Crippen LogP contribution is -2.54. The van der Waals surface area contributed by atoms with Crippen LogP contribution in [0.15, 0.2) is 70.7 Å². The number of carbonyl (C=O) groups is 4. The van der Waals surface area contributed by atoms with Crippen molar-refractivity contribution in [2.75, 3.05) is 11.5 Å². The van der Waals surface area contributed by atoms with Crippen molar-refractivity contribution in [3.05, 3.63) is 98.5 Å². The molecule has 0 spiro atoms. The molecule has 0 aromatic heterocycles. The van der Waals surface area contributed by atoms with Crippen molar-refractivity contribution >= 4 is 51.5 Å². The van der Waals surface area contributed by atoms with Gasteiger partial charge >= 0.3 is 12.0 Å². The molecule has 1 aliphatic heterocycles. The maximum absolute atomic E-state index is 13.2. The molecule has 0 saturated carbocycles. The Morgan fingerprint density at radius 1 is 0.974 bits per heavy atom. The number of rotatable bonds is 7. The molecule has 0 atom stereocenters. The topological polar surface area (TPSA) is 102 Å². The molecular formula is C29H25BrN2O6. The largest absolute Gasteiger partial charge is 0.488 e.